The summed E-state index contributed by atoms with van der Waals surface area (Å²) in [5.74, 6) is 1.73. The van der Waals surface area contributed by atoms with E-state index in [1.807, 2.05) is 13.0 Å². The summed E-state index contributed by atoms with van der Waals surface area (Å²) in [4.78, 5) is 4.66. The quantitative estimate of drug-likeness (QED) is 0.331. The first-order valence-corrected chi connectivity index (χ1v) is 10.1. The predicted molar refractivity (Wildman–Crippen MR) is 109 cm³/mol. The molecule has 1 saturated carbocycles. The van der Waals surface area contributed by atoms with E-state index >= 15 is 0 Å². The second-order valence-corrected chi connectivity index (χ2v) is 7.20. The number of nitrogens with one attached hydrogen (secondary N) is 2. The largest absolute Gasteiger partial charge is 0.508 e. The summed E-state index contributed by atoms with van der Waals surface area (Å²) in [5, 5.41) is 16.9. The molecule has 27 heavy (non-hydrogen) atoms. The summed E-state index contributed by atoms with van der Waals surface area (Å²) < 4.78 is 10.8. The molecule has 0 amide bonds. The van der Waals surface area contributed by atoms with Gasteiger partial charge in [-0.15, -0.1) is 0 Å². The molecule has 3 N–H and O–H groups in total. The standard InChI is InChI=1S/C21H35N3O3/c1-4-22-20(23-15-17-14-18(26-3)8-9-19(17)25)24-16-21(10-6-7-11-21)12-13-27-5-2/h8-9,14,25H,4-7,10-13,15-16H2,1-3H3,(H2,22,23,24). The van der Waals surface area contributed by atoms with Crippen molar-refractivity contribution in [3.63, 3.8) is 0 Å². The van der Waals surface area contributed by atoms with E-state index in [0.717, 1.165) is 50.0 Å². The van der Waals surface area contributed by atoms with E-state index in [4.69, 9.17) is 9.47 Å². The molecular weight excluding hydrogens is 342 g/mol. The lowest BCUT2D eigenvalue weighted by molar-refractivity contribution is 0.105. The number of aliphatic imine (C=N–C) groups is 1. The summed E-state index contributed by atoms with van der Waals surface area (Å²) in [7, 11) is 1.62. The van der Waals surface area contributed by atoms with Crippen LogP contribution in [0.1, 0.15) is 51.5 Å². The van der Waals surface area contributed by atoms with Gasteiger partial charge in [0.25, 0.3) is 0 Å². The first-order valence-electron chi connectivity index (χ1n) is 10.1. The molecule has 6 heteroatoms. The minimum Gasteiger partial charge on any atom is -0.508 e. The Morgan fingerprint density at radius 2 is 2.00 bits per heavy atom. The zero-order valence-electron chi connectivity index (χ0n) is 17.0. The van der Waals surface area contributed by atoms with Crippen LogP contribution in [0.15, 0.2) is 23.2 Å². The van der Waals surface area contributed by atoms with E-state index in [2.05, 4.69) is 22.5 Å². The molecule has 1 aliphatic carbocycles. The van der Waals surface area contributed by atoms with Crippen LogP contribution in [0.25, 0.3) is 0 Å². The molecule has 0 bridgehead atoms. The fourth-order valence-corrected chi connectivity index (χ4v) is 3.67. The fourth-order valence-electron chi connectivity index (χ4n) is 3.67. The van der Waals surface area contributed by atoms with Gasteiger partial charge in [-0.1, -0.05) is 12.8 Å². The zero-order valence-corrected chi connectivity index (χ0v) is 17.0. The Bertz CT molecular complexity index is 598. The van der Waals surface area contributed by atoms with Crippen molar-refractivity contribution in [1.29, 1.82) is 0 Å². The molecule has 1 aromatic rings. The normalized spacial score (nSPS) is 16.3. The van der Waals surface area contributed by atoms with Gasteiger partial charge in [0.2, 0.25) is 0 Å². The molecule has 0 saturated heterocycles. The molecule has 0 aromatic heterocycles. The van der Waals surface area contributed by atoms with Crippen LogP contribution < -0.4 is 15.4 Å². The van der Waals surface area contributed by atoms with Crippen molar-refractivity contribution in [2.24, 2.45) is 10.4 Å². The average molecular weight is 378 g/mol. The molecule has 0 unspecified atom stereocenters. The summed E-state index contributed by atoms with van der Waals surface area (Å²) in [6.45, 7) is 7.79. The molecule has 6 nitrogen and oxygen atoms in total. The van der Waals surface area contributed by atoms with Crippen LogP contribution in [0.3, 0.4) is 0 Å². The van der Waals surface area contributed by atoms with Gasteiger partial charge in [-0.3, -0.25) is 0 Å². The highest BCUT2D eigenvalue weighted by atomic mass is 16.5. The van der Waals surface area contributed by atoms with Gasteiger partial charge in [-0.25, -0.2) is 4.99 Å². The SMILES string of the molecule is CCNC(=NCc1cc(OC)ccc1O)NCC1(CCOCC)CCCC1. The maximum atomic E-state index is 10.1. The number of phenols is 1. The maximum Gasteiger partial charge on any atom is 0.191 e. The van der Waals surface area contributed by atoms with Crippen molar-refractivity contribution < 1.29 is 14.6 Å². The third kappa shape index (κ3) is 6.61. The lowest BCUT2D eigenvalue weighted by atomic mass is 9.83. The Hall–Kier alpha value is -1.95. The number of nitrogens with zero attached hydrogens (tertiary/aromatic N) is 1. The minimum absolute atomic E-state index is 0.236. The molecule has 2 rings (SSSR count). The number of phenolic OH excluding ortho intramolecular Hbond substituents is 1. The third-order valence-corrected chi connectivity index (χ3v) is 5.31. The number of rotatable bonds is 10. The van der Waals surface area contributed by atoms with Crippen LogP contribution in [0.4, 0.5) is 0 Å². The summed E-state index contributed by atoms with van der Waals surface area (Å²) in [6, 6.07) is 5.21. The summed E-state index contributed by atoms with van der Waals surface area (Å²) in [6.07, 6.45) is 6.15. The van der Waals surface area contributed by atoms with E-state index in [-0.39, 0.29) is 5.75 Å². The van der Waals surface area contributed by atoms with Crippen LogP contribution >= 0.6 is 0 Å². The predicted octanol–water partition coefficient (Wildman–Crippen LogP) is 3.44. The molecule has 0 heterocycles. The van der Waals surface area contributed by atoms with Crippen LogP contribution in [-0.4, -0.2) is 44.5 Å². The molecule has 152 valence electrons. The monoisotopic (exact) mass is 377 g/mol. The molecule has 1 aliphatic rings. The highest BCUT2D eigenvalue weighted by Crippen LogP contribution is 2.40. The molecule has 0 aliphatic heterocycles. The number of methoxy groups -OCH3 is 1. The van der Waals surface area contributed by atoms with Crippen LogP contribution in [0, 0.1) is 5.41 Å². The number of hydrogen-bond acceptors (Lipinski definition) is 4. The zero-order chi connectivity index (χ0) is 19.5. The Balaban J connectivity index is 2.00. The summed E-state index contributed by atoms with van der Waals surface area (Å²) in [5.41, 5.74) is 1.04. The van der Waals surface area contributed by atoms with E-state index in [9.17, 15) is 5.11 Å². The van der Waals surface area contributed by atoms with Crippen molar-refractivity contribution in [3.05, 3.63) is 23.8 Å². The highest BCUT2D eigenvalue weighted by molar-refractivity contribution is 5.79. The van der Waals surface area contributed by atoms with E-state index < -0.39 is 0 Å². The van der Waals surface area contributed by atoms with Gasteiger partial charge in [0.15, 0.2) is 5.96 Å². The third-order valence-electron chi connectivity index (χ3n) is 5.31. The van der Waals surface area contributed by atoms with E-state index in [1.165, 1.54) is 25.7 Å². The topological polar surface area (TPSA) is 75.1 Å². The van der Waals surface area contributed by atoms with Crippen molar-refractivity contribution in [2.45, 2.75) is 52.5 Å². The van der Waals surface area contributed by atoms with Gasteiger partial charge in [-0.2, -0.15) is 0 Å². The van der Waals surface area contributed by atoms with Gasteiger partial charge in [-0.05, 0) is 56.7 Å². The van der Waals surface area contributed by atoms with Crippen LogP contribution in [0.2, 0.25) is 0 Å². The minimum atomic E-state index is 0.236. The molecule has 1 fully saturated rings. The molecule has 0 radical (unpaired) electrons. The number of hydrogen-bond donors (Lipinski definition) is 3. The Morgan fingerprint density at radius 1 is 1.22 bits per heavy atom. The Kier molecular flexibility index (Phi) is 8.72. The molecular formula is C21H35N3O3. The smallest absolute Gasteiger partial charge is 0.191 e. The number of guanidine groups is 1. The van der Waals surface area contributed by atoms with Gasteiger partial charge < -0.3 is 25.2 Å². The molecule has 0 spiro atoms. The first kappa shape index (κ1) is 21.4. The van der Waals surface area contributed by atoms with E-state index in [1.54, 1.807) is 19.2 Å². The second kappa shape index (κ2) is 11.0. The Morgan fingerprint density at radius 3 is 2.67 bits per heavy atom. The van der Waals surface area contributed by atoms with Crippen molar-refractivity contribution in [3.8, 4) is 11.5 Å². The average Bonchev–Trinajstić information content (AvgIpc) is 3.14. The van der Waals surface area contributed by atoms with Crippen LogP contribution in [-0.2, 0) is 11.3 Å². The molecule has 0 atom stereocenters. The fraction of sp³-hybridized carbons (Fsp3) is 0.667. The maximum absolute atomic E-state index is 10.1. The van der Waals surface area contributed by atoms with Crippen LogP contribution in [0.5, 0.6) is 11.5 Å². The van der Waals surface area contributed by atoms with Gasteiger partial charge in [0, 0.05) is 31.9 Å². The number of aromatic hydroxyl groups is 1. The van der Waals surface area contributed by atoms with E-state index in [0.29, 0.717) is 12.0 Å². The number of benzene rings is 1. The Labute approximate surface area is 163 Å². The van der Waals surface area contributed by atoms with Crippen molar-refractivity contribution in [2.75, 3.05) is 33.4 Å². The van der Waals surface area contributed by atoms with Gasteiger partial charge in [0.1, 0.15) is 11.5 Å². The molecule has 1 aromatic carbocycles. The van der Waals surface area contributed by atoms with Gasteiger partial charge in [0.05, 0.1) is 13.7 Å². The summed E-state index contributed by atoms with van der Waals surface area (Å²) >= 11 is 0. The lowest BCUT2D eigenvalue weighted by Crippen LogP contribution is -2.43. The lowest BCUT2D eigenvalue weighted by Gasteiger charge is -2.30. The van der Waals surface area contributed by atoms with Crippen molar-refractivity contribution >= 4 is 5.96 Å². The highest BCUT2D eigenvalue weighted by Gasteiger charge is 2.33. The van der Waals surface area contributed by atoms with Gasteiger partial charge >= 0.3 is 0 Å². The van der Waals surface area contributed by atoms with Crippen molar-refractivity contribution in [1.82, 2.24) is 10.6 Å². The first-order chi connectivity index (χ1) is 13.1. The second-order valence-electron chi connectivity index (χ2n) is 7.20. The number of ether oxygens (including phenoxy) is 2.